The second-order valence-corrected chi connectivity index (χ2v) is 7.28. The van der Waals surface area contributed by atoms with Gasteiger partial charge in [-0.3, -0.25) is 9.59 Å². The number of nitrogens with one attached hydrogen (secondary N) is 1. The molecule has 0 unspecified atom stereocenters. The summed E-state index contributed by atoms with van der Waals surface area (Å²) < 4.78 is 0. The van der Waals surface area contributed by atoms with Crippen molar-refractivity contribution < 1.29 is 9.59 Å². The molecule has 0 bridgehead atoms. The number of unbranched alkanes of at least 4 members (excludes halogenated alkanes) is 2. The molecule has 3 N–H and O–H groups in total. The smallest absolute Gasteiger partial charge is 0.242 e. The average Bonchev–Trinajstić information content (AvgIpc) is 2.58. The van der Waals surface area contributed by atoms with E-state index in [1.807, 2.05) is 4.90 Å². The van der Waals surface area contributed by atoms with Gasteiger partial charge in [0.25, 0.3) is 0 Å². The normalized spacial score (nSPS) is 21.9. The van der Waals surface area contributed by atoms with Crippen molar-refractivity contribution in [1.29, 1.82) is 0 Å². The van der Waals surface area contributed by atoms with Crippen molar-refractivity contribution in [3.05, 3.63) is 0 Å². The lowest BCUT2D eigenvalue weighted by atomic mass is 9.81. The maximum atomic E-state index is 12.7. The zero-order chi connectivity index (χ0) is 16.7. The zero-order valence-electron chi connectivity index (χ0n) is 14.6. The fourth-order valence-corrected chi connectivity index (χ4v) is 3.79. The van der Waals surface area contributed by atoms with Gasteiger partial charge >= 0.3 is 0 Å². The number of piperidine rings is 1. The summed E-state index contributed by atoms with van der Waals surface area (Å²) in [4.78, 5) is 26.8. The Morgan fingerprint density at radius 3 is 2.39 bits per heavy atom. The molecule has 1 aliphatic heterocycles. The summed E-state index contributed by atoms with van der Waals surface area (Å²) in [5.41, 5.74) is 5.71. The minimum Gasteiger partial charge on any atom is -0.356 e. The van der Waals surface area contributed by atoms with Gasteiger partial charge in [-0.25, -0.2) is 0 Å². The third-order valence-corrected chi connectivity index (χ3v) is 5.40. The van der Waals surface area contributed by atoms with E-state index in [-0.39, 0.29) is 17.7 Å². The highest BCUT2D eigenvalue weighted by Crippen LogP contribution is 2.29. The number of hydrogen-bond donors (Lipinski definition) is 2. The van der Waals surface area contributed by atoms with E-state index in [2.05, 4.69) is 12.2 Å². The van der Waals surface area contributed by atoms with Crippen LogP contribution in [-0.2, 0) is 9.59 Å². The van der Waals surface area contributed by atoms with Gasteiger partial charge in [0, 0.05) is 25.6 Å². The summed E-state index contributed by atoms with van der Waals surface area (Å²) in [5.74, 6) is 0.327. The molecule has 5 heteroatoms. The van der Waals surface area contributed by atoms with Gasteiger partial charge in [0.05, 0.1) is 5.54 Å². The fraction of sp³-hybridized carbons (Fsp3) is 0.889. The quantitative estimate of drug-likeness (QED) is 0.736. The van der Waals surface area contributed by atoms with E-state index in [4.69, 9.17) is 5.73 Å². The van der Waals surface area contributed by atoms with Crippen molar-refractivity contribution in [2.45, 2.75) is 76.7 Å². The van der Waals surface area contributed by atoms with Crippen LogP contribution >= 0.6 is 0 Å². The van der Waals surface area contributed by atoms with Crippen LogP contribution in [0.3, 0.4) is 0 Å². The van der Waals surface area contributed by atoms with E-state index in [0.717, 1.165) is 64.3 Å². The third kappa shape index (κ3) is 4.93. The standard InChI is InChI=1S/C18H33N3O2/c1-2-3-7-12-20-16(22)15-8-13-21(14-9-15)17(23)18(19)10-5-4-6-11-18/h15H,2-14,19H2,1H3,(H,20,22). The van der Waals surface area contributed by atoms with E-state index in [0.29, 0.717) is 13.1 Å². The van der Waals surface area contributed by atoms with E-state index >= 15 is 0 Å². The van der Waals surface area contributed by atoms with Gasteiger partial charge in [-0.15, -0.1) is 0 Å². The molecule has 2 rings (SSSR count). The fourth-order valence-electron chi connectivity index (χ4n) is 3.79. The average molecular weight is 323 g/mol. The van der Waals surface area contributed by atoms with Crippen molar-refractivity contribution >= 4 is 11.8 Å². The maximum absolute atomic E-state index is 12.7. The van der Waals surface area contributed by atoms with Gasteiger partial charge in [0.15, 0.2) is 0 Å². The summed E-state index contributed by atoms with van der Waals surface area (Å²) in [6.07, 6.45) is 9.82. The molecule has 1 saturated heterocycles. The lowest BCUT2D eigenvalue weighted by molar-refractivity contribution is -0.141. The Hall–Kier alpha value is -1.10. The second-order valence-electron chi connectivity index (χ2n) is 7.28. The molecular weight excluding hydrogens is 290 g/mol. The van der Waals surface area contributed by atoms with E-state index < -0.39 is 5.54 Å². The van der Waals surface area contributed by atoms with E-state index in [1.165, 1.54) is 6.42 Å². The number of nitrogens with two attached hydrogens (primary N) is 1. The minimum atomic E-state index is -0.645. The minimum absolute atomic E-state index is 0.0563. The molecule has 23 heavy (non-hydrogen) atoms. The van der Waals surface area contributed by atoms with Gasteiger partial charge < -0.3 is 16.0 Å². The molecule has 1 saturated carbocycles. The number of carbonyl (C=O) groups excluding carboxylic acids is 2. The molecule has 0 radical (unpaired) electrons. The first kappa shape index (κ1) is 18.2. The van der Waals surface area contributed by atoms with Crippen molar-refractivity contribution in [3.8, 4) is 0 Å². The largest absolute Gasteiger partial charge is 0.356 e. The molecule has 5 nitrogen and oxygen atoms in total. The molecule has 0 aromatic heterocycles. The van der Waals surface area contributed by atoms with Crippen LogP contribution in [0.5, 0.6) is 0 Å². The van der Waals surface area contributed by atoms with Crippen LogP contribution in [0.1, 0.15) is 71.1 Å². The highest BCUT2D eigenvalue weighted by molar-refractivity contribution is 5.86. The maximum Gasteiger partial charge on any atom is 0.242 e. The Kier molecular flexibility index (Phi) is 6.88. The van der Waals surface area contributed by atoms with Gasteiger partial charge in [0.1, 0.15) is 0 Å². The highest BCUT2D eigenvalue weighted by atomic mass is 16.2. The molecule has 132 valence electrons. The SMILES string of the molecule is CCCCCNC(=O)C1CCN(C(=O)C2(N)CCCCC2)CC1. The Labute approximate surface area is 140 Å². The van der Waals surface area contributed by atoms with Crippen molar-refractivity contribution in [1.82, 2.24) is 10.2 Å². The second kappa shape index (κ2) is 8.67. The summed E-state index contributed by atoms with van der Waals surface area (Å²) in [7, 11) is 0. The molecule has 0 aromatic carbocycles. The molecule has 0 aromatic rings. The number of hydrogen-bond acceptors (Lipinski definition) is 3. The topological polar surface area (TPSA) is 75.4 Å². The van der Waals surface area contributed by atoms with Crippen LogP contribution in [-0.4, -0.2) is 41.9 Å². The number of rotatable bonds is 6. The van der Waals surface area contributed by atoms with Crippen LogP contribution in [0.4, 0.5) is 0 Å². The van der Waals surface area contributed by atoms with E-state index in [1.54, 1.807) is 0 Å². The molecule has 0 atom stereocenters. The number of nitrogens with zero attached hydrogens (tertiary/aromatic N) is 1. The monoisotopic (exact) mass is 323 g/mol. The predicted octanol–water partition coefficient (Wildman–Crippen LogP) is 2.19. The molecule has 2 fully saturated rings. The van der Waals surface area contributed by atoms with Crippen molar-refractivity contribution in [3.63, 3.8) is 0 Å². The molecule has 1 aliphatic carbocycles. The van der Waals surface area contributed by atoms with Gasteiger partial charge in [-0.2, -0.15) is 0 Å². The van der Waals surface area contributed by atoms with Gasteiger partial charge in [-0.05, 0) is 32.1 Å². The lowest BCUT2D eigenvalue weighted by Gasteiger charge is -2.39. The predicted molar refractivity (Wildman–Crippen MR) is 91.8 cm³/mol. The van der Waals surface area contributed by atoms with Crippen molar-refractivity contribution in [2.75, 3.05) is 19.6 Å². The number of likely N-dealkylation sites (tertiary alicyclic amines) is 1. The van der Waals surface area contributed by atoms with Crippen LogP contribution in [0.25, 0.3) is 0 Å². The van der Waals surface area contributed by atoms with Crippen molar-refractivity contribution in [2.24, 2.45) is 11.7 Å². The Balaban J connectivity index is 1.74. The Morgan fingerprint density at radius 1 is 1.13 bits per heavy atom. The van der Waals surface area contributed by atoms with E-state index in [9.17, 15) is 9.59 Å². The van der Waals surface area contributed by atoms with Crippen LogP contribution < -0.4 is 11.1 Å². The first-order valence-electron chi connectivity index (χ1n) is 9.43. The number of carbonyl (C=O) groups is 2. The highest BCUT2D eigenvalue weighted by Gasteiger charge is 2.39. The first-order valence-corrected chi connectivity index (χ1v) is 9.43. The van der Waals surface area contributed by atoms with Crippen LogP contribution in [0.2, 0.25) is 0 Å². The summed E-state index contributed by atoms with van der Waals surface area (Å²) in [6, 6.07) is 0. The van der Waals surface area contributed by atoms with Gasteiger partial charge in [0.2, 0.25) is 11.8 Å². The number of amides is 2. The summed E-state index contributed by atoms with van der Waals surface area (Å²) in [6.45, 7) is 4.28. The molecule has 0 spiro atoms. The molecule has 2 aliphatic rings. The summed E-state index contributed by atoms with van der Waals surface area (Å²) in [5, 5.41) is 3.04. The zero-order valence-corrected chi connectivity index (χ0v) is 14.6. The summed E-state index contributed by atoms with van der Waals surface area (Å²) >= 11 is 0. The van der Waals surface area contributed by atoms with Crippen LogP contribution in [0, 0.1) is 5.92 Å². The van der Waals surface area contributed by atoms with Gasteiger partial charge in [-0.1, -0.05) is 39.0 Å². The Morgan fingerprint density at radius 2 is 1.78 bits per heavy atom. The first-order chi connectivity index (χ1) is 11.1. The Bertz CT molecular complexity index is 397. The molecular formula is C18H33N3O2. The lowest BCUT2D eigenvalue weighted by Crippen LogP contribution is -2.58. The van der Waals surface area contributed by atoms with Crippen LogP contribution in [0.15, 0.2) is 0 Å². The molecule has 1 heterocycles. The molecule has 2 amide bonds. The third-order valence-electron chi connectivity index (χ3n) is 5.40.